The number of ketones is 3. The lowest BCUT2D eigenvalue weighted by molar-refractivity contribution is 0.0984. The van der Waals surface area contributed by atoms with Gasteiger partial charge in [-0.05, 0) is 68.1 Å². The molecule has 2 heterocycles. The minimum Gasteiger partial charge on any atom is -0.393 e. The van der Waals surface area contributed by atoms with Crippen LogP contribution in [-0.4, -0.2) is 46.2 Å². The van der Waals surface area contributed by atoms with Crippen LogP contribution < -0.4 is 4.90 Å². The highest BCUT2D eigenvalue weighted by Gasteiger charge is 2.18. The number of aryl methyl sites for hydroxylation is 1. The van der Waals surface area contributed by atoms with Crippen molar-refractivity contribution < 1.29 is 19.5 Å². The fraction of sp³-hybridized carbons (Fsp3) is 0.286. The quantitative estimate of drug-likeness (QED) is 0.272. The summed E-state index contributed by atoms with van der Waals surface area (Å²) in [6.07, 6.45) is 1.85. The van der Waals surface area contributed by atoms with Crippen molar-refractivity contribution in [2.45, 2.75) is 45.6 Å². The zero-order chi connectivity index (χ0) is 29.1. The molecule has 1 saturated heterocycles. The second-order valence-corrected chi connectivity index (χ2v) is 11.0. The number of aliphatic hydroxyl groups is 1. The lowest BCUT2D eigenvalue weighted by atomic mass is 9.97. The highest BCUT2D eigenvalue weighted by molar-refractivity contribution is 6.09. The zero-order valence-electron chi connectivity index (χ0n) is 23.9. The predicted molar refractivity (Wildman–Crippen MR) is 161 cm³/mol. The standard InChI is InChI=1S/C35H36N2O4/c1-23-20-32(24(2)36(23)3)34(40)22-26-6-10-29(11-7-26)35(41)28-8-4-25(5-9-28)21-33(39)27-12-14-30(15-13-27)37-18-16-31(38)17-19-37/h4-15,20,31,38H,16-19,21-22H2,1-3H3. The van der Waals surface area contributed by atoms with E-state index in [4.69, 9.17) is 0 Å². The Morgan fingerprint density at radius 1 is 0.732 bits per heavy atom. The van der Waals surface area contributed by atoms with Crippen LogP contribution in [0.2, 0.25) is 0 Å². The number of aromatic nitrogens is 1. The Bertz CT molecular complexity index is 1560. The van der Waals surface area contributed by atoms with E-state index in [0.717, 1.165) is 59.7 Å². The largest absolute Gasteiger partial charge is 0.393 e. The molecule has 1 fully saturated rings. The molecule has 41 heavy (non-hydrogen) atoms. The van der Waals surface area contributed by atoms with Gasteiger partial charge in [-0.25, -0.2) is 0 Å². The molecule has 0 radical (unpaired) electrons. The van der Waals surface area contributed by atoms with Gasteiger partial charge in [0.2, 0.25) is 0 Å². The van der Waals surface area contributed by atoms with Crippen LogP contribution in [0.15, 0.2) is 78.9 Å². The fourth-order valence-corrected chi connectivity index (χ4v) is 5.40. The van der Waals surface area contributed by atoms with Crippen LogP contribution in [0, 0.1) is 13.8 Å². The number of rotatable bonds is 9. The average Bonchev–Trinajstić information content (AvgIpc) is 3.25. The number of anilines is 1. The van der Waals surface area contributed by atoms with Crippen molar-refractivity contribution in [1.82, 2.24) is 4.57 Å². The minimum atomic E-state index is -0.217. The molecule has 4 aromatic rings. The molecule has 210 valence electrons. The number of hydrogen-bond acceptors (Lipinski definition) is 5. The van der Waals surface area contributed by atoms with Gasteiger partial charge >= 0.3 is 0 Å². The van der Waals surface area contributed by atoms with E-state index < -0.39 is 0 Å². The summed E-state index contributed by atoms with van der Waals surface area (Å²) in [7, 11) is 1.95. The van der Waals surface area contributed by atoms with Crippen LogP contribution in [0.4, 0.5) is 5.69 Å². The van der Waals surface area contributed by atoms with Crippen LogP contribution in [0.25, 0.3) is 0 Å². The molecule has 1 aliphatic rings. The second-order valence-electron chi connectivity index (χ2n) is 11.0. The third kappa shape index (κ3) is 6.39. The average molecular weight is 549 g/mol. The summed E-state index contributed by atoms with van der Waals surface area (Å²) in [4.78, 5) is 41.0. The van der Waals surface area contributed by atoms with Crippen molar-refractivity contribution in [3.05, 3.63) is 124 Å². The van der Waals surface area contributed by atoms with Crippen LogP contribution >= 0.6 is 0 Å². The van der Waals surface area contributed by atoms with Gasteiger partial charge in [0.05, 0.1) is 6.10 Å². The molecule has 1 aliphatic heterocycles. The number of nitrogens with zero attached hydrogens (tertiary/aromatic N) is 2. The summed E-state index contributed by atoms with van der Waals surface area (Å²) in [6.45, 7) is 5.57. The summed E-state index contributed by atoms with van der Waals surface area (Å²) in [5, 5.41) is 9.72. The molecule has 5 rings (SSSR count). The first kappa shape index (κ1) is 28.2. The van der Waals surface area contributed by atoms with Crippen LogP contribution in [-0.2, 0) is 19.9 Å². The molecule has 1 aromatic heterocycles. The Morgan fingerprint density at radius 2 is 1.22 bits per heavy atom. The van der Waals surface area contributed by atoms with E-state index in [1.165, 1.54) is 0 Å². The van der Waals surface area contributed by atoms with E-state index >= 15 is 0 Å². The summed E-state index contributed by atoms with van der Waals surface area (Å²) in [5.41, 5.74) is 7.28. The van der Waals surface area contributed by atoms with Crippen molar-refractivity contribution in [2.75, 3.05) is 18.0 Å². The van der Waals surface area contributed by atoms with Crippen LogP contribution in [0.1, 0.15) is 72.0 Å². The van der Waals surface area contributed by atoms with Crippen molar-refractivity contribution in [3.8, 4) is 0 Å². The Morgan fingerprint density at radius 3 is 1.71 bits per heavy atom. The molecule has 0 unspecified atom stereocenters. The first-order valence-corrected chi connectivity index (χ1v) is 14.1. The number of carbonyl (C=O) groups excluding carboxylic acids is 3. The summed E-state index contributed by atoms with van der Waals surface area (Å²) in [6, 6.07) is 24.0. The molecule has 0 bridgehead atoms. The number of piperidine rings is 1. The van der Waals surface area contributed by atoms with Crippen LogP contribution in [0.5, 0.6) is 0 Å². The molecule has 0 saturated carbocycles. The highest BCUT2D eigenvalue weighted by Crippen LogP contribution is 2.22. The van der Waals surface area contributed by atoms with Gasteiger partial charge in [0.15, 0.2) is 17.3 Å². The van der Waals surface area contributed by atoms with Gasteiger partial charge in [-0.15, -0.1) is 0 Å². The lowest BCUT2D eigenvalue weighted by Crippen LogP contribution is -2.35. The highest BCUT2D eigenvalue weighted by atomic mass is 16.3. The number of Topliss-reactive ketones (excluding diaryl/α,β-unsaturated/α-hetero) is 2. The number of carbonyl (C=O) groups is 3. The smallest absolute Gasteiger partial charge is 0.193 e. The maximum Gasteiger partial charge on any atom is 0.193 e. The van der Waals surface area contributed by atoms with Gasteiger partial charge in [-0.3, -0.25) is 14.4 Å². The maximum absolute atomic E-state index is 13.1. The third-order valence-corrected chi connectivity index (χ3v) is 8.26. The topological polar surface area (TPSA) is 79.6 Å². The summed E-state index contributed by atoms with van der Waals surface area (Å²) in [5.74, 6) is -0.0131. The first-order valence-electron chi connectivity index (χ1n) is 14.1. The molecule has 6 heteroatoms. The molecular weight excluding hydrogens is 512 g/mol. The Hall–Kier alpha value is -4.29. The van der Waals surface area contributed by atoms with Crippen molar-refractivity contribution in [3.63, 3.8) is 0 Å². The number of benzene rings is 3. The van der Waals surface area contributed by atoms with Crippen molar-refractivity contribution in [1.29, 1.82) is 0 Å². The molecule has 0 spiro atoms. The zero-order valence-corrected chi connectivity index (χ0v) is 23.9. The maximum atomic E-state index is 13.1. The molecule has 0 aliphatic carbocycles. The van der Waals surface area contributed by atoms with Gasteiger partial charge in [0, 0.05) is 72.3 Å². The van der Waals surface area contributed by atoms with Crippen molar-refractivity contribution in [2.24, 2.45) is 7.05 Å². The molecule has 6 nitrogen and oxygen atoms in total. The summed E-state index contributed by atoms with van der Waals surface area (Å²) < 4.78 is 2.01. The molecule has 0 amide bonds. The monoisotopic (exact) mass is 548 g/mol. The number of aliphatic hydroxyl groups excluding tert-OH is 1. The van der Waals surface area contributed by atoms with E-state index in [9.17, 15) is 19.5 Å². The van der Waals surface area contributed by atoms with E-state index in [2.05, 4.69) is 4.90 Å². The Labute approximate surface area is 241 Å². The minimum absolute atomic E-state index is 0.0238. The van der Waals surface area contributed by atoms with E-state index in [0.29, 0.717) is 16.7 Å². The van der Waals surface area contributed by atoms with Gasteiger partial charge in [-0.1, -0.05) is 48.5 Å². The molecule has 1 N–H and O–H groups in total. The number of hydrogen-bond donors (Lipinski definition) is 1. The second kappa shape index (κ2) is 12.1. The normalized spacial score (nSPS) is 13.8. The van der Waals surface area contributed by atoms with Crippen LogP contribution in [0.3, 0.4) is 0 Å². The Kier molecular flexibility index (Phi) is 8.31. The SMILES string of the molecule is Cc1cc(C(=O)Cc2ccc(C(=O)c3ccc(CC(=O)c4ccc(N5CCC(O)CC5)cc4)cc3)cc2)c(C)n1C. The first-order chi connectivity index (χ1) is 19.7. The molecular formula is C35H36N2O4. The van der Waals surface area contributed by atoms with E-state index in [-0.39, 0.29) is 36.3 Å². The van der Waals surface area contributed by atoms with E-state index in [1.54, 1.807) is 24.3 Å². The fourth-order valence-electron chi connectivity index (χ4n) is 5.40. The third-order valence-electron chi connectivity index (χ3n) is 8.26. The van der Waals surface area contributed by atoms with Gasteiger partial charge < -0.3 is 14.6 Å². The van der Waals surface area contributed by atoms with Gasteiger partial charge in [0.1, 0.15) is 0 Å². The van der Waals surface area contributed by atoms with Gasteiger partial charge in [0.25, 0.3) is 0 Å². The Balaban J connectivity index is 1.17. The predicted octanol–water partition coefficient (Wildman–Crippen LogP) is 5.68. The van der Waals surface area contributed by atoms with Gasteiger partial charge in [-0.2, -0.15) is 0 Å². The molecule has 0 atom stereocenters. The lowest BCUT2D eigenvalue weighted by Gasteiger charge is -2.31. The summed E-state index contributed by atoms with van der Waals surface area (Å²) >= 11 is 0. The van der Waals surface area contributed by atoms with E-state index in [1.807, 2.05) is 80.1 Å². The molecule has 3 aromatic carbocycles. The van der Waals surface area contributed by atoms with Crippen molar-refractivity contribution >= 4 is 23.0 Å².